The summed E-state index contributed by atoms with van der Waals surface area (Å²) in [5.41, 5.74) is 13.8. The summed E-state index contributed by atoms with van der Waals surface area (Å²) in [6.07, 6.45) is 1.91. The standard InChI is InChI=1S/C45H35N2O.C18H24GeN.Ir/c1-27(2)35-23-33(29-12-6-5-7-13-29)24-36(28(3)4)44(35)47-41-17-11-10-16-40(41)46-45(47)32-20-21-42-38(22-32)39-26-37-31(25-43(39)48-42)19-18-30-14-8-9-15-34(30)37;1-13(2)16-11-18(15-9-7-14(3)8-10-15)20-12-17(16)19(4,5)6;/h5-19,21-28H,1-4H3;7-9,11-13H,1-6H3;/q2*-1;/i;3D3,13D;. The molecule has 8 aromatic carbocycles. The van der Waals surface area contributed by atoms with E-state index in [-0.39, 0.29) is 25.7 Å². The van der Waals surface area contributed by atoms with Crippen LogP contribution in [-0.2, 0) is 20.1 Å². The first-order chi connectivity index (χ1) is 34.2. The molecule has 1 radical (unpaired) electrons. The van der Waals surface area contributed by atoms with Crippen molar-refractivity contribution >= 4 is 72.2 Å². The van der Waals surface area contributed by atoms with Crippen LogP contribution in [0.15, 0.2) is 162 Å². The monoisotopic (exact) mass is 1140 g/mol. The van der Waals surface area contributed by atoms with E-state index in [1.807, 2.05) is 32.2 Å². The molecule has 0 spiro atoms. The fraction of sp³-hybridized carbons (Fsp3) is 0.206. The van der Waals surface area contributed by atoms with Gasteiger partial charge in [-0.2, -0.15) is 0 Å². The number of aryl methyl sites for hydroxylation is 1. The predicted octanol–water partition coefficient (Wildman–Crippen LogP) is 17.1. The van der Waals surface area contributed by atoms with Gasteiger partial charge in [0.15, 0.2) is 0 Å². The molecule has 11 rings (SSSR count). The summed E-state index contributed by atoms with van der Waals surface area (Å²) in [5, 5.41) is 7.06. The minimum absolute atomic E-state index is 0. The average Bonchev–Trinajstić information content (AvgIpc) is 3.92. The van der Waals surface area contributed by atoms with E-state index >= 15 is 0 Å². The number of nitrogens with zero attached hydrogens (tertiary/aromatic N) is 3. The minimum atomic E-state index is -2.14. The number of fused-ring (bicyclic) bond motifs is 7. The van der Waals surface area contributed by atoms with E-state index in [1.54, 1.807) is 12.1 Å². The topological polar surface area (TPSA) is 43.9 Å². The first-order valence-electron chi connectivity index (χ1n) is 25.7. The van der Waals surface area contributed by atoms with Crippen LogP contribution in [0, 0.1) is 19.0 Å². The van der Waals surface area contributed by atoms with Crippen LogP contribution < -0.4 is 4.40 Å². The summed E-state index contributed by atoms with van der Waals surface area (Å²) >= 11 is -2.14. The van der Waals surface area contributed by atoms with Gasteiger partial charge in [0.05, 0.1) is 22.4 Å². The van der Waals surface area contributed by atoms with E-state index in [2.05, 4.69) is 188 Å². The molecule has 0 amide bonds. The molecule has 69 heavy (non-hydrogen) atoms. The molecule has 0 bridgehead atoms. The molecular formula is C63H59GeIrN3O-2. The minimum Gasteiger partial charge on any atom is 0 e. The molecule has 4 nitrogen and oxygen atoms in total. The van der Waals surface area contributed by atoms with Crippen LogP contribution in [0.4, 0.5) is 0 Å². The maximum Gasteiger partial charge on any atom is 0 e. The van der Waals surface area contributed by atoms with Gasteiger partial charge >= 0.3 is 131 Å². The van der Waals surface area contributed by atoms with Crippen molar-refractivity contribution in [2.75, 3.05) is 0 Å². The number of benzene rings is 8. The molecular weight excluding hydrogens is 1080 g/mol. The quantitative estimate of drug-likeness (QED) is 0.0865. The van der Waals surface area contributed by atoms with Crippen LogP contribution in [0.25, 0.3) is 94.0 Å². The molecule has 0 unspecified atom stereocenters. The third-order valence-electron chi connectivity index (χ3n) is 13.2. The van der Waals surface area contributed by atoms with Crippen molar-refractivity contribution in [2.45, 2.75) is 83.4 Å². The smallest absolute Gasteiger partial charge is 0 e. The van der Waals surface area contributed by atoms with Gasteiger partial charge in [0.2, 0.25) is 0 Å². The van der Waals surface area contributed by atoms with Crippen LogP contribution in [0.2, 0.25) is 17.3 Å². The Morgan fingerprint density at radius 3 is 1.99 bits per heavy atom. The second-order valence-corrected chi connectivity index (χ2v) is 30.4. The van der Waals surface area contributed by atoms with E-state index in [9.17, 15) is 0 Å². The normalized spacial score (nSPS) is 13.1. The Bertz CT molecular complexity index is 3800. The van der Waals surface area contributed by atoms with Gasteiger partial charge in [-0.1, -0.05) is 112 Å². The van der Waals surface area contributed by atoms with Crippen molar-refractivity contribution in [1.82, 2.24) is 14.5 Å². The summed E-state index contributed by atoms with van der Waals surface area (Å²) < 4.78 is 40.9. The SMILES string of the molecule is CC(C)c1cc(-c2ccccc2)cc(C(C)C)c1-n1c(-c2[c-]cc3oc4cc5ccc6ccccc6c5cc4c3c2)nc2ccccc21.[2H]C([2H])([2H])c1c[c-]c(-c2cc(C([2H])(C)C)[c]([Ge]([CH3])([CH3])[CH3])cn2)cc1.[Ir]. The van der Waals surface area contributed by atoms with Gasteiger partial charge in [0.25, 0.3) is 0 Å². The van der Waals surface area contributed by atoms with Crippen molar-refractivity contribution in [3.05, 3.63) is 192 Å². The second kappa shape index (κ2) is 19.4. The zero-order valence-electron chi connectivity index (χ0n) is 44.7. The van der Waals surface area contributed by atoms with E-state index < -0.39 is 26.0 Å². The maximum atomic E-state index is 8.49. The number of imidazole rings is 1. The Labute approximate surface area is 429 Å². The molecule has 0 N–H and O–H groups in total. The first-order valence-corrected chi connectivity index (χ1v) is 31.0. The van der Waals surface area contributed by atoms with Gasteiger partial charge in [-0.3, -0.25) is 4.98 Å². The van der Waals surface area contributed by atoms with E-state index in [1.165, 1.54) is 59.9 Å². The van der Waals surface area contributed by atoms with E-state index in [4.69, 9.17) is 14.9 Å². The molecule has 3 aromatic heterocycles. The molecule has 0 aliphatic carbocycles. The Morgan fingerprint density at radius 1 is 0.609 bits per heavy atom. The first kappa shape index (κ1) is 43.0. The van der Waals surface area contributed by atoms with Crippen molar-refractivity contribution < 1.29 is 30.0 Å². The van der Waals surface area contributed by atoms with Gasteiger partial charge in [-0.25, -0.2) is 0 Å². The number of hydrogen-bond acceptors (Lipinski definition) is 3. The van der Waals surface area contributed by atoms with Crippen LogP contribution in [0.1, 0.15) is 87.0 Å². The van der Waals surface area contributed by atoms with E-state index in [0.29, 0.717) is 11.8 Å². The zero-order valence-corrected chi connectivity index (χ0v) is 45.2. The largest absolute Gasteiger partial charge is 0 e. The van der Waals surface area contributed by atoms with Crippen LogP contribution in [0.5, 0.6) is 0 Å². The third-order valence-corrected chi connectivity index (χ3v) is 17.4. The predicted molar refractivity (Wildman–Crippen MR) is 292 cm³/mol. The Morgan fingerprint density at radius 2 is 1.29 bits per heavy atom. The van der Waals surface area contributed by atoms with Gasteiger partial charge in [0, 0.05) is 31.2 Å². The molecule has 0 aliphatic rings. The van der Waals surface area contributed by atoms with Crippen molar-refractivity contribution in [2.24, 2.45) is 0 Å². The maximum absolute atomic E-state index is 8.49. The molecule has 0 saturated carbocycles. The number of aromatic nitrogens is 3. The van der Waals surface area contributed by atoms with Crippen LogP contribution >= 0.6 is 0 Å². The number of furan rings is 1. The Kier molecular flexibility index (Phi) is 12.0. The summed E-state index contributed by atoms with van der Waals surface area (Å²) in [6.45, 7) is 10.8. The summed E-state index contributed by atoms with van der Waals surface area (Å²) in [5.74, 6) is 7.65. The molecule has 0 atom stereocenters. The van der Waals surface area contributed by atoms with Gasteiger partial charge in [-0.05, 0) is 92.0 Å². The molecule has 0 aliphatic heterocycles. The number of para-hydroxylation sites is 2. The summed E-state index contributed by atoms with van der Waals surface area (Å²) in [7, 11) is 0. The van der Waals surface area contributed by atoms with Crippen molar-refractivity contribution in [1.29, 1.82) is 0 Å². The number of pyridine rings is 1. The van der Waals surface area contributed by atoms with E-state index in [0.717, 1.165) is 61.2 Å². The van der Waals surface area contributed by atoms with Gasteiger partial charge < -0.3 is 8.98 Å². The molecule has 3 heterocycles. The molecule has 347 valence electrons. The molecule has 0 saturated heterocycles. The Balaban J connectivity index is 0.000000223. The second-order valence-electron chi connectivity index (χ2n) is 19.9. The summed E-state index contributed by atoms with van der Waals surface area (Å²) in [6, 6.07) is 59.0. The third kappa shape index (κ3) is 9.25. The van der Waals surface area contributed by atoms with Gasteiger partial charge in [-0.15, -0.1) is 23.8 Å². The summed E-state index contributed by atoms with van der Waals surface area (Å²) in [4.78, 5) is 9.88. The van der Waals surface area contributed by atoms with Crippen LogP contribution in [-0.4, -0.2) is 27.8 Å². The molecule has 0 fully saturated rings. The number of rotatable bonds is 8. The van der Waals surface area contributed by atoms with Crippen molar-refractivity contribution in [3.8, 4) is 39.5 Å². The fourth-order valence-electron chi connectivity index (χ4n) is 9.60. The van der Waals surface area contributed by atoms with Crippen molar-refractivity contribution in [3.63, 3.8) is 0 Å². The zero-order chi connectivity index (χ0) is 50.9. The average molecular weight is 1140 g/mol. The van der Waals surface area contributed by atoms with Crippen LogP contribution in [0.3, 0.4) is 0 Å². The Hall–Kier alpha value is -6.11. The van der Waals surface area contributed by atoms with Gasteiger partial charge in [0.1, 0.15) is 5.58 Å². The number of hydrogen-bond donors (Lipinski definition) is 0. The fourth-order valence-corrected chi connectivity index (χ4v) is 12.9. The molecule has 6 heteroatoms. The molecule has 11 aromatic rings.